The number of halogens is 1. The van der Waals surface area contributed by atoms with Crippen molar-refractivity contribution < 1.29 is 33.6 Å². The van der Waals surface area contributed by atoms with Crippen LogP contribution < -0.4 is 5.32 Å². The number of alkyl halides is 1. The molecular weight excluding hydrogens is 494 g/mol. The lowest BCUT2D eigenvalue weighted by atomic mass is 9.85. The Kier molecular flexibility index (Phi) is 15.5. The van der Waals surface area contributed by atoms with Crippen LogP contribution in [0.25, 0.3) is 0 Å². The van der Waals surface area contributed by atoms with Crippen molar-refractivity contribution in [1.82, 2.24) is 5.32 Å². The van der Waals surface area contributed by atoms with Gasteiger partial charge in [0, 0.05) is 39.8 Å². The summed E-state index contributed by atoms with van der Waals surface area (Å²) >= 11 is 7.13. The molecule has 1 amide bonds. The lowest BCUT2D eigenvalue weighted by molar-refractivity contribution is -0.193. The summed E-state index contributed by atoms with van der Waals surface area (Å²) in [5.74, 6) is -0.225. The summed E-state index contributed by atoms with van der Waals surface area (Å²) in [6.45, 7) is 5.45. The number of amides is 1. The second kappa shape index (κ2) is 17.1. The lowest BCUT2D eigenvalue weighted by Crippen LogP contribution is -2.48. The van der Waals surface area contributed by atoms with Crippen molar-refractivity contribution in [2.75, 3.05) is 5.88 Å². The Morgan fingerprint density at radius 3 is 1.49 bits per heavy atom. The Morgan fingerprint density at radius 1 is 0.800 bits per heavy atom. The Bertz CT molecular complexity index is 1020. The van der Waals surface area contributed by atoms with E-state index < -0.39 is 5.54 Å². The Hall–Kier alpha value is -3.35. The van der Waals surface area contributed by atoms with Crippen molar-refractivity contribution in [2.24, 2.45) is 0 Å². The van der Waals surface area contributed by atoms with E-state index in [1.165, 1.54) is 6.92 Å². The second-order valence-corrected chi connectivity index (χ2v) is 8.56. The molecule has 10 heteroatoms. The molecule has 0 saturated heterocycles. The minimum atomic E-state index is -0.501. The maximum absolute atomic E-state index is 12.8. The SMILES string of the molecule is CCC(CC)(CC(=O)c1ccc(Sc2ccc(C(=O)CCl)cc2)cc1)NC(C)=O.O=C=O.O=C=O. The zero-order chi connectivity index (χ0) is 26.9. The van der Waals surface area contributed by atoms with E-state index in [-0.39, 0.29) is 42.1 Å². The molecule has 0 aliphatic carbocycles. The molecule has 0 unspecified atom stereocenters. The van der Waals surface area contributed by atoms with Crippen LogP contribution in [-0.2, 0) is 24.0 Å². The van der Waals surface area contributed by atoms with Crippen LogP contribution in [0.3, 0.4) is 0 Å². The van der Waals surface area contributed by atoms with Gasteiger partial charge in [-0.05, 0) is 37.1 Å². The van der Waals surface area contributed by atoms with Gasteiger partial charge < -0.3 is 5.32 Å². The zero-order valence-electron chi connectivity index (χ0n) is 19.6. The summed E-state index contributed by atoms with van der Waals surface area (Å²) in [4.78, 5) is 70.4. The molecule has 0 radical (unpaired) electrons. The Morgan fingerprint density at radius 2 is 1.17 bits per heavy atom. The number of carbonyl (C=O) groups excluding carboxylic acids is 7. The molecule has 35 heavy (non-hydrogen) atoms. The predicted octanol–water partition coefficient (Wildman–Crippen LogP) is 4.36. The van der Waals surface area contributed by atoms with E-state index in [0.717, 1.165) is 9.79 Å². The van der Waals surface area contributed by atoms with E-state index in [2.05, 4.69) is 5.32 Å². The van der Waals surface area contributed by atoms with E-state index in [1.54, 1.807) is 23.9 Å². The van der Waals surface area contributed by atoms with Gasteiger partial charge in [-0.1, -0.05) is 49.9 Å². The third-order valence-electron chi connectivity index (χ3n) is 5.00. The quantitative estimate of drug-likeness (QED) is 0.361. The summed E-state index contributed by atoms with van der Waals surface area (Å²) in [7, 11) is 0. The minimum absolute atomic E-state index is 0.0166. The third-order valence-corrected chi connectivity index (χ3v) is 6.26. The van der Waals surface area contributed by atoms with Crippen LogP contribution in [-0.4, -0.2) is 41.2 Å². The fourth-order valence-corrected chi connectivity index (χ4v) is 4.11. The van der Waals surface area contributed by atoms with Crippen molar-refractivity contribution in [1.29, 1.82) is 0 Å². The van der Waals surface area contributed by atoms with Gasteiger partial charge in [-0.3, -0.25) is 14.4 Å². The first kappa shape index (κ1) is 31.6. The molecule has 0 heterocycles. The third kappa shape index (κ3) is 11.6. The summed E-state index contributed by atoms with van der Waals surface area (Å²) in [5.41, 5.74) is 0.729. The first-order chi connectivity index (χ1) is 16.6. The number of nitrogens with one attached hydrogen (secondary N) is 1. The molecule has 0 atom stereocenters. The second-order valence-electron chi connectivity index (χ2n) is 7.14. The Balaban J connectivity index is 0.00000174. The van der Waals surface area contributed by atoms with Crippen LogP contribution >= 0.6 is 23.4 Å². The fraction of sp³-hybridized carbons (Fsp3) is 0.320. The molecular formula is C25H26ClNO7S. The Labute approximate surface area is 212 Å². The first-order valence-corrected chi connectivity index (χ1v) is 11.8. The predicted molar refractivity (Wildman–Crippen MR) is 128 cm³/mol. The van der Waals surface area contributed by atoms with Gasteiger partial charge in [0.15, 0.2) is 11.6 Å². The topological polar surface area (TPSA) is 132 Å². The number of rotatable bonds is 10. The standard InChI is InChI=1S/C23H26ClNO3S.2CO2/c1-4-23(5-2,25-16(3)26)14-21(27)17-6-10-19(11-7-17)29-20-12-8-18(9-13-20)22(28)15-24;2*2-1-3/h6-13H,4-5,14-15H2,1-3H3,(H,25,26);;. The average Bonchev–Trinajstić information content (AvgIpc) is 2.84. The summed E-state index contributed by atoms with van der Waals surface area (Å²) in [6.07, 6.45) is 2.18. The van der Waals surface area contributed by atoms with Gasteiger partial charge in [-0.2, -0.15) is 19.2 Å². The maximum atomic E-state index is 12.8. The molecule has 0 aliphatic rings. The van der Waals surface area contributed by atoms with E-state index >= 15 is 0 Å². The fourth-order valence-electron chi connectivity index (χ4n) is 3.13. The molecule has 2 rings (SSSR count). The van der Waals surface area contributed by atoms with Crippen LogP contribution in [0.1, 0.15) is 60.7 Å². The number of benzene rings is 2. The van der Waals surface area contributed by atoms with Crippen LogP contribution in [0.5, 0.6) is 0 Å². The summed E-state index contributed by atoms with van der Waals surface area (Å²) < 4.78 is 0. The van der Waals surface area contributed by atoms with E-state index in [9.17, 15) is 14.4 Å². The van der Waals surface area contributed by atoms with E-state index in [0.29, 0.717) is 24.0 Å². The van der Waals surface area contributed by atoms with Crippen LogP contribution in [0.4, 0.5) is 0 Å². The number of carbonyl (C=O) groups is 3. The smallest absolute Gasteiger partial charge is 0.350 e. The van der Waals surface area contributed by atoms with Gasteiger partial charge >= 0.3 is 12.3 Å². The molecule has 0 aromatic heterocycles. The van der Waals surface area contributed by atoms with Gasteiger partial charge in [0.05, 0.1) is 5.88 Å². The van der Waals surface area contributed by atoms with Crippen molar-refractivity contribution >= 4 is 53.1 Å². The van der Waals surface area contributed by atoms with Gasteiger partial charge in [0.2, 0.25) is 5.91 Å². The van der Waals surface area contributed by atoms with Crippen molar-refractivity contribution in [3.63, 3.8) is 0 Å². The highest BCUT2D eigenvalue weighted by atomic mass is 35.5. The number of hydrogen-bond acceptors (Lipinski definition) is 8. The van der Waals surface area contributed by atoms with E-state index in [4.69, 9.17) is 30.8 Å². The van der Waals surface area contributed by atoms with E-state index in [1.807, 2.05) is 50.2 Å². The monoisotopic (exact) mass is 519 g/mol. The number of ketones is 2. The molecule has 0 fully saturated rings. The van der Waals surface area contributed by atoms with Gasteiger partial charge in [-0.15, -0.1) is 11.6 Å². The maximum Gasteiger partial charge on any atom is 0.373 e. The largest absolute Gasteiger partial charge is 0.373 e. The van der Waals surface area contributed by atoms with Crippen LogP contribution in [0.15, 0.2) is 58.3 Å². The normalized spacial score (nSPS) is 9.71. The highest BCUT2D eigenvalue weighted by Crippen LogP contribution is 2.29. The van der Waals surface area contributed by atoms with Gasteiger partial charge in [-0.25, -0.2) is 0 Å². The molecule has 186 valence electrons. The molecule has 0 bridgehead atoms. The van der Waals surface area contributed by atoms with Crippen LogP contribution in [0.2, 0.25) is 0 Å². The van der Waals surface area contributed by atoms with Gasteiger partial charge in [0.1, 0.15) is 0 Å². The lowest BCUT2D eigenvalue weighted by Gasteiger charge is -2.32. The van der Waals surface area contributed by atoms with Gasteiger partial charge in [0.25, 0.3) is 0 Å². The highest BCUT2D eigenvalue weighted by molar-refractivity contribution is 7.99. The minimum Gasteiger partial charge on any atom is -0.350 e. The summed E-state index contributed by atoms with van der Waals surface area (Å²) in [5, 5.41) is 2.96. The zero-order valence-corrected chi connectivity index (χ0v) is 21.2. The molecule has 8 nitrogen and oxygen atoms in total. The molecule has 2 aromatic carbocycles. The average molecular weight is 520 g/mol. The summed E-state index contributed by atoms with van der Waals surface area (Å²) in [6, 6.07) is 14.8. The van der Waals surface area contributed by atoms with Crippen molar-refractivity contribution in [3.8, 4) is 0 Å². The molecule has 0 aliphatic heterocycles. The number of Topliss-reactive ketones (excluding diaryl/α,β-unsaturated/α-hetero) is 2. The van der Waals surface area contributed by atoms with Crippen molar-refractivity contribution in [3.05, 3.63) is 59.7 Å². The van der Waals surface area contributed by atoms with Crippen molar-refractivity contribution in [2.45, 2.75) is 55.4 Å². The first-order valence-electron chi connectivity index (χ1n) is 10.4. The van der Waals surface area contributed by atoms with Crippen LogP contribution in [0, 0.1) is 0 Å². The number of hydrogen-bond donors (Lipinski definition) is 1. The molecule has 0 spiro atoms. The molecule has 2 aromatic rings. The molecule has 0 saturated carbocycles. The highest BCUT2D eigenvalue weighted by Gasteiger charge is 2.30. The molecule has 1 N–H and O–H groups in total.